The van der Waals surface area contributed by atoms with E-state index in [0.717, 1.165) is 36.6 Å². The molecule has 1 aliphatic heterocycles. The van der Waals surface area contributed by atoms with Gasteiger partial charge in [0.1, 0.15) is 0 Å². The number of aromatic nitrogens is 1. The Labute approximate surface area is 141 Å². The van der Waals surface area contributed by atoms with E-state index in [2.05, 4.69) is 29.8 Å². The molecule has 2 aromatic heterocycles. The van der Waals surface area contributed by atoms with Crippen LogP contribution in [0.25, 0.3) is 0 Å². The second kappa shape index (κ2) is 6.81. The monoisotopic (exact) mass is 329 g/mol. The summed E-state index contributed by atoms with van der Waals surface area (Å²) in [5.41, 5.74) is 2.11. The summed E-state index contributed by atoms with van der Waals surface area (Å²) in [6, 6.07) is 6.46. The lowest BCUT2D eigenvalue weighted by Crippen LogP contribution is -2.49. The molecule has 3 heterocycles. The minimum Gasteiger partial charge on any atom is -0.336 e. The molecule has 0 aromatic carbocycles. The van der Waals surface area contributed by atoms with E-state index in [1.807, 2.05) is 30.2 Å². The van der Waals surface area contributed by atoms with Crippen molar-refractivity contribution in [1.82, 2.24) is 14.8 Å². The molecule has 0 aliphatic carbocycles. The maximum atomic E-state index is 12.7. The smallest absolute Gasteiger partial charge is 0.255 e. The number of hydrogen-bond acceptors (Lipinski definition) is 4. The van der Waals surface area contributed by atoms with Gasteiger partial charge >= 0.3 is 0 Å². The molecule has 0 bridgehead atoms. The summed E-state index contributed by atoms with van der Waals surface area (Å²) < 4.78 is 0. The molecule has 4 nitrogen and oxygen atoms in total. The summed E-state index contributed by atoms with van der Waals surface area (Å²) in [5.74, 6) is 0.181. The van der Waals surface area contributed by atoms with Crippen molar-refractivity contribution in [3.05, 3.63) is 51.5 Å². The number of piperazine rings is 1. The van der Waals surface area contributed by atoms with E-state index in [-0.39, 0.29) is 5.91 Å². The summed E-state index contributed by atoms with van der Waals surface area (Å²) in [6.07, 6.45) is 3.73. The number of pyridine rings is 1. The number of rotatable bonds is 3. The molecule has 0 radical (unpaired) electrons. The average molecular weight is 329 g/mol. The van der Waals surface area contributed by atoms with Crippen molar-refractivity contribution in [3.8, 4) is 0 Å². The molecule has 1 atom stereocenters. The molecule has 122 valence electrons. The van der Waals surface area contributed by atoms with Gasteiger partial charge in [-0.1, -0.05) is 6.07 Å². The predicted molar refractivity (Wildman–Crippen MR) is 93.9 cm³/mol. The van der Waals surface area contributed by atoms with Gasteiger partial charge in [-0.2, -0.15) is 0 Å². The fraction of sp³-hybridized carbons (Fsp3) is 0.444. The molecule has 0 N–H and O–H groups in total. The molecule has 0 spiro atoms. The lowest BCUT2D eigenvalue weighted by atomic mass is 10.1. The van der Waals surface area contributed by atoms with Gasteiger partial charge in [0.2, 0.25) is 0 Å². The van der Waals surface area contributed by atoms with E-state index < -0.39 is 0 Å². The number of nitrogens with zero attached hydrogens (tertiary/aromatic N) is 3. The highest BCUT2D eigenvalue weighted by molar-refractivity contribution is 7.12. The number of carbonyl (C=O) groups excluding carboxylic acids is 1. The van der Waals surface area contributed by atoms with E-state index >= 15 is 0 Å². The van der Waals surface area contributed by atoms with E-state index in [1.165, 1.54) is 10.4 Å². The summed E-state index contributed by atoms with van der Waals surface area (Å²) in [4.78, 5) is 23.6. The van der Waals surface area contributed by atoms with Gasteiger partial charge < -0.3 is 4.90 Å². The fourth-order valence-electron chi connectivity index (χ4n) is 3.16. The van der Waals surface area contributed by atoms with Crippen LogP contribution in [0.15, 0.2) is 30.6 Å². The zero-order valence-electron chi connectivity index (χ0n) is 14.0. The SMILES string of the molecule is Cc1cc(C(=O)N2CCN([C@H](C)c3cccnc3)CC2)c(C)s1. The summed E-state index contributed by atoms with van der Waals surface area (Å²) in [7, 11) is 0. The van der Waals surface area contributed by atoms with Crippen LogP contribution in [-0.2, 0) is 0 Å². The molecule has 5 heteroatoms. The van der Waals surface area contributed by atoms with Crippen molar-refractivity contribution in [2.45, 2.75) is 26.8 Å². The third-order valence-corrected chi connectivity index (χ3v) is 5.55. The Balaban J connectivity index is 1.62. The van der Waals surface area contributed by atoms with E-state index in [9.17, 15) is 4.79 Å². The number of amides is 1. The number of carbonyl (C=O) groups is 1. The van der Waals surface area contributed by atoms with Gasteiger partial charge in [-0.05, 0) is 38.5 Å². The molecular weight excluding hydrogens is 306 g/mol. The first kappa shape index (κ1) is 16.1. The molecule has 23 heavy (non-hydrogen) atoms. The van der Waals surface area contributed by atoms with Crippen LogP contribution in [0.1, 0.15) is 38.6 Å². The second-order valence-electron chi connectivity index (χ2n) is 6.12. The maximum absolute atomic E-state index is 12.7. The topological polar surface area (TPSA) is 36.4 Å². The average Bonchev–Trinajstić information content (AvgIpc) is 2.93. The Morgan fingerprint density at radius 2 is 2.00 bits per heavy atom. The first-order valence-electron chi connectivity index (χ1n) is 8.06. The highest BCUT2D eigenvalue weighted by Gasteiger charge is 2.26. The Bertz CT molecular complexity index is 675. The van der Waals surface area contributed by atoms with Crippen LogP contribution in [0.4, 0.5) is 0 Å². The van der Waals surface area contributed by atoms with Crippen molar-refractivity contribution in [1.29, 1.82) is 0 Å². The van der Waals surface area contributed by atoms with Crippen LogP contribution in [0.2, 0.25) is 0 Å². The molecule has 0 saturated carbocycles. The van der Waals surface area contributed by atoms with E-state index in [0.29, 0.717) is 6.04 Å². The highest BCUT2D eigenvalue weighted by atomic mass is 32.1. The van der Waals surface area contributed by atoms with Crippen LogP contribution in [0, 0.1) is 13.8 Å². The van der Waals surface area contributed by atoms with Gasteiger partial charge in [0.25, 0.3) is 5.91 Å². The van der Waals surface area contributed by atoms with E-state index in [4.69, 9.17) is 0 Å². The van der Waals surface area contributed by atoms with Gasteiger partial charge in [0, 0.05) is 54.4 Å². The lowest BCUT2D eigenvalue weighted by molar-refractivity contribution is 0.0581. The van der Waals surface area contributed by atoms with Gasteiger partial charge in [0.05, 0.1) is 5.56 Å². The number of thiophene rings is 1. The normalized spacial score (nSPS) is 17.3. The molecule has 0 unspecified atom stereocenters. The number of aryl methyl sites for hydroxylation is 2. The standard InChI is InChI=1S/C18H23N3OS/c1-13-11-17(15(3)23-13)18(22)21-9-7-20(8-10-21)14(2)16-5-4-6-19-12-16/h4-6,11-12,14H,7-10H2,1-3H3/t14-/m1/s1. The molecule has 1 fully saturated rings. The van der Waals surface area contributed by atoms with Gasteiger partial charge in [0.15, 0.2) is 0 Å². The van der Waals surface area contributed by atoms with Crippen LogP contribution >= 0.6 is 11.3 Å². The van der Waals surface area contributed by atoms with Gasteiger partial charge in [-0.3, -0.25) is 14.7 Å². The first-order valence-corrected chi connectivity index (χ1v) is 8.88. The molecule has 1 saturated heterocycles. The summed E-state index contributed by atoms with van der Waals surface area (Å²) in [6.45, 7) is 9.69. The van der Waals surface area contributed by atoms with Gasteiger partial charge in [-0.15, -0.1) is 11.3 Å². The first-order chi connectivity index (χ1) is 11.1. The molecular formula is C18H23N3OS. The van der Waals surface area contributed by atoms with Gasteiger partial charge in [-0.25, -0.2) is 0 Å². The Hall–Kier alpha value is -1.72. The van der Waals surface area contributed by atoms with Crippen molar-refractivity contribution >= 4 is 17.2 Å². The predicted octanol–water partition coefficient (Wildman–Crippen LogP) is 3.28. The third-order valence-electron chi connectivity index (χ3n) is 4.59. The molecule has 2 aromatic rings. The van der Waals surface area contributed by atoms with E-state index in [1.54, 1.807) is 17.5 Å². The van der Waals surface area contributed by atoms with Crippen molar-refractivity contribution in [2.75, 3.05) is 26.2 Å². The summed E-state index contributed by atoms with van der Waals surface area (Å²) in [5, 5.41) is 0. The third kappa shape index (κ3) is 3.46. The highest BCUT2D eigenvalue weighted by Crippen LogP contribution is 2.24. The van der Waals surface area contributed by atoms with Crippen molar-refractivity contribution in [3.63, 3.8) is 0 Å². The quantitative estimate of drug-likeness (QED) is 0.867. The minimum absolute atomic E-state index is 0.181. The Morgan fingerprint density at radius 3 is 2.57 bits per heavy atom. The van der Waals surface area contributed by atoms with Crippen LogP contribution in [-0.4, -0.2) is 46.9 Å². The molecule has 3 rings (SSSR count). The second-order valence-corrected chi connectivity index (χ2v) is 7.58. The fourth-order valence-corrected chi connectivity index (χ4v) is 4.08. The maximum Gasteiger partial charge on any atom is 0.255 e. The van der Waals surface area contributed by atoms with Crippen LogP contribution < -0.4 is 0 Å². The summed E-state index contributed by atoms with van der Waals surface area (Å²) >= 11 is 1.70. The molecule has 1 aliphatic rings. The van der Waals surface area contributed by atoms with Crippen molar-refractivity contribution < 1.29 is 4.79 Å². The number of hydrogen-bond donors (Lipinski definition) is 0. The zero-order chi connectivity index (χ0) is 16.4. The van der Waals surface area contributed by atoms with Crippen LogP contribution in [0.5, 0.6) is 0 Å². The Morgan fingerprint density at radius 1 is 1.26 bits per heavy atom. The zero-order valence-corrected chi connectivity index (χ0v) is 14.8. The van der Waals surface area contributed by atoms with Crippen LogP contribution in [0.3, 0.4) is 0 Å². The molecule has 1 amide bonds. The minimum atomic E-state index is 0.181. The largest absolute Gasteiger partial charge is 0.336 e. The van der Waals surface area contributed by atoms with Crippen molar-refractivity contribution in [2.24, 2.45) is 0 Å². The Kier molecular flexibility index (Phi) is 4.78. The lowest BCUT2D eigenvalue weighted by Gasteiger charge is -2.38.